The molecular weight excluding hydrogens is 206 g/mol. The summed E-state index contributed by atoms with van der Waals surface area (Å²) in [5, 5.41) is 6.06. The number of carbonyl (C=O) groups excluding carboxylic acids is 1. The van der Waals surface area contributed by atoms with Gasteiger partial charge in [-0.3, -0.25) is 0 Å². The molecule has 0 aromatic carbocycles. The molecule has 1 saturated heterocycles. The van der Waals surface area contributed by atoms with E-state index in [4.69, 9.17) is 10.5 Å². The van der Waals surface area contributed by atoms with Gasteiger partial charge in [0.05, 0.1) is 0 Å². The minimum atomic E-state index is -0.439. The van der Waals surface area contributed by atoms with Gasteiger partial charge in [-0.25, -0.2) is 4.79 Å². The second-order valence-corrected chi connectivity index (χ2v) is 5.30. The summed E-state index contributed by atoms with van der Waals surface area (Å²) < 4.78 is 5.16. The number of hydrogen-bond donors (Lipinski definition) is 3. The molecule has 5 nitrogen and oxygen atoms in total. The lowest BCUT2D eigenvalue weighted by atomic mass is 9.96. The molecule has 1 aliphatic heterocycles. The Hall–Kier alpha value is -0.810. The van der Waals surface area contributed by atoms with Crippen LogP contribution in [-0.2, 0) is 4.74 Å². The number of carbonyl (C=O) groups is 1. The molecule has 16 heavy (non-hydrogen) atoms. The number of nitrogens with one attached hydrogen (secondary N) is 2. The summed E-state index contributed by atoms with van der Waals surface area (Å²) in [4.78, 5) is 11.4. The van der Waals surface area contributed by atoms with Crippen molar-refractivity contribution in [3.63, 3.8) is 0 Å². The molecule has 0 radical (unpaired) electrons. The number of ether oxygens (including phenoxy) is 1. The van der Waals surface area contributed by atoms with Crippen molar-refractivity contribution in [3.05, 3.63) is 0 Å². The highest BCUT2D eigenvalue weighted by molar-refractivity contribution is 5.67. The van der Waals surface area contributed by atoms with Crippen LogP contribution >= 0.6 is 0 Å². The van der Waals surface area contributed by atoms with Gasteiger partial charge in [-0.05, 0) is 45.7 Å². The predicted molar refractivity (Wildman–Crippen MR) is 63.1 cm³/mol. The van der Waals surface area contributed by atoms with E-state index in [0.717, 1.165) is 13.1 Å². The summed E-state index contributed by atoms with van der Waals surface area (Å²) in [5.41, 5.74) is 5.21. The maximum atomic E-state index is 11.4. The van der Waals surface area contributed by atoms with Crippen LogP contribution in [0.15, 0.2) is 0 Å². The molecule has 0 aromatic heterocycles. The molecule has 5 heteroatoms. The Kier molecular flexibility index (Phi) is 4.56. The highest BCUT2D eigenvalue weighted by Gasteiger charge is 2.26. The zero-order chi connectivity index (χ0) is 12.2. The van der Waals surface area contributed by atoms with Gasteiger partial charge < -0.3 is 21.1 Å². The first-order valence-corrected chi connectivity index (χ1v) is 5.80. The summed E-state index contributed by atoms with van der Waals surface area (Å²) in [6.45, 7) is 8.71. The zero-order valence-electron chi connectivity index (χ0n) is 10.4. The van der Waals surface area contributed by atoms with Gasteiger partial charge in [0.15, 0.2) is 0 Å². The lowest BCUT2D eigenvalue weighted by Crippen LogP contribution is -2.38. The summed E-state index contributed by atoms with van der Waals surface area (Å²) in [6.07, 6.45) is -0.352. The van der Waals surface area contributed by atoms with E-state index in [1.54, 1.807) is 0 Å². The van der Waals surface area contributed by atoms with E-state index >= 15 is 0 Å². The fourth-order valence-electron chi connectivity index (χ4n) is 1.83. The van der Waals surface area contributed by atoms with Crippen molar-refractivity contribution in [2.75, 3.05) is 26.2 Å². The van der Waals surface area contributed by atoms with E-state index < -0.39 is 5.60 Å². The largest absolute Gasteiger partial charge is 0.444 e. The molecule has 0 aliphatic carbocycles. The Balaban J connectivity index is 2.26. The van der Waals surface area contributed by atoms with E-state index in [1.165, 1.54) is 0 Å². The third kappa shape index (κ3) is 4.37. The standard InChI is InChI=1S/C11H23N3O2/c1-11(2,3)16-10(15)14-7-9-6-13-5-8(9)4-12/h8-9,13H,4-7,12H2,1-3H3,(H,14,15)/t8-,9+/m1/s1. The first-order valence-electron chi connectivity index (χ1n) is 5.80. The molecule has 1 heterocycles. The number of nitrogens with two attached hydrogens (primary N) is 1. The van der Waals surface area contributed by atoms with Crippen LogP contribution in [0.3, 0.4) is 0 Å². The molecule has 1 rings (SSSR count). The lowest BCUT2D eigenvalue weighted by Gasteiger charge is -2.22. The van der Waals surface area contributed by atoms with Gasteiger partial charge in [0, 0.05) is 13.1 Å². The van der Waals surface area contributed by atoms with E-state index in [0.29, 0.717) is 24.9 Å². The molecule has 1 fully saturated rings. The van der Waals surface area contributed by atoms with Gasteiger partial charge in [0.2, 0.25) is 0 Å². The van der Waals surface area contributed by atoms with Crippen LogP contribution in [0.5, 0.6) is 0 Å². The summed E-state index contributed by atoms with van der Waals surface area (Å²) in [5.74, 6) is 0.868. The summed E-state index contributed by atoms with van der Waals surface area (Å²) in [7, 11) is 0. The fourth-order valence-corrected chi connectivity index (χ4v) is 1.83. The maximum absolute atomic E-state index is 11.4. The Labute approximate surface area is 97.1 Å². The molecule has 2 atom stereocenters. The van der Waals surface area contributed by atoms with Crippen molar-refractivity contribution in [1.82, 2.24) is 10.6 Å². The average Bonchev–Trinajstić information content (AvgIpc) is 2.59. The highest BCUT2D eigenvalue weighted by Crippen LogP contribution is 2.14. The Bertz CT molecular complexity index is 238. The van der Waals surface area contributed by atoms with Gasteiger partial charge in [-0.2, -0.15) is 0 Å². The molecule has 1 aliphatic rings. The van der Waals surface area contributed by atoms with Crippen molar-refractivity contribution in [1.29, 1.82) is 0 Å². The normalized spacial score (nSPS) is 25.5. The van der Waals surface area contributed by atoms with Crippen molar-refractivity contribution < 1.29 is 9.53 Å². The topological polar surface area (TPSA) is 76.4 Å². The average molecular weight is 229 g/mol. The van der Waals surface area contributed by atoms with Crippen LogP contribution < -0.4 is 16.4 Å². The zero-order valence-corrected chi connectivity index (χ0v) is 10.4. The number of amides is 1. The van der Waals surface area contributed by atoms with E-state index in [-0.39, 0.29) is 6.09 Å². The second kappa shape index (κ2) is 5.50. The molecule has 0 unspecified atom stereocenters. The summed E-state index contributed by atoms with van der Waals surface area (Å²) >= 11 is 0. The Morgan fingerprint density at radius 1 is 1.44 bits per heavy atom. The van der Waals surface area contributed by atoms with Crippen LogP contribution in [0.2, 0.25) is 0 Å². The van der Waals surface area contributed by atoms with E-state index in [2.05, 4.69) is 10.6 Å². The van der Waals surface area contributed by atoms with Crippen LogP contribution in [0, 0.1) is 11.8 Å². The smallest absolute Gasteiger partial charge is 0.407 e. The van der Waals surface area contributed by atoms with Crippen molar-refractivity contribution in [3.8, 4) is 0 Å². The predicted octanol–water partition coefficient (Wildman–Crippen LogP) is 0.305. The molecule has 0 saturated carbocycles. The minimum absolute atomic E-state index is 0.352. The molecule has 0 bridgehead atoms. The SMILES string of the molecule is CC(C)(C)OC(=O)NC[C@@H]1CNC[C@H]1CN. The molecule has 1 amide bonds. The van der Waals surface area contributed by atoms with Gasteiger partial charge in [0.25, 0.3) is 0 Å². The van der Waals surface area contributed by atoms with Crippen LogP contribution in [0.4, 0.5) is 4.79 Å². The Morgan fingerprint density at radius 2 is 2.06 bits per heavy atom. The van der Waals surface area contributed by atoms with E-state index in [1.807, 2.05) is 20.8 Å². The van der Waals surface area contributed by atoms with Crippen LogP contribution in [-0.4, -0.2) is 37.9 Å². The van der Waals surface area contributed by atoms with Gasteiger partial charge in [-0.1, -0.05) is 0 Å². The maximum Gasteiger partial charge on any atom is 0.407 e. The number of alkyl carbamates (subject to hydrolysis) is 1. The fraction of sp³-hybridized carbons (Fsp3) is 0.909. The third-order valence-corrected chi connectivity index (χ3v) is 2.69. The van der Waals surface area contributed by atoms with Crippen molar-refractivity contribution in [2.45, 2.75) is 26.4 Å². The second-order valence-electron chi connectivity index (χ2n) is 5.30. The van der Waals surface area contributed by atoms with Crippen molar-refractivity contribution in [2.24, 2.45) is 17.6 Å². The van der Waals surface area contributed by atoms with Crippen molar-refractivity contribution >= 4 is 6.09 Å². The molecule has 94 valence electrons. The quantitative estimate of drug-likeness (QED) is 0.651. The number of hydrogen-bond acceptors (Lipinski definition) is 4. The minimum Gasteiger partial charge on any atom is -0.444 e. The molecule has 0 aromatic rings. The van der Waals surface area contributed by atoms with Gasteiger partial charge in [-0.15, -0.1) is 0 Å². The Morgan fingerprint density at radius 3 is 2.62 bits per heavy atom. The first kappa shape index (κ1) is 13.3. The van der Waals surface area contributed by atoms with Crippen LogP contribution in [0.25, 0.3) is 0 Å². The molecule has 4 N–H and O–H groups in total. The van der Waals surface area contributed by atoms with E-state index in [9.17, 15) is 4.79 Å². The monoisotopic (exact) mass is 229 g/mol. The summed E-state index contributed by atoms with van der Waals surface area (Å²) in [6, 6.07) is 0. The highest BCUT2D eigenvalue weighted by atomic mass is 16.6. The third-order valence-electron chi connectivity index (χ3n) is 2.69. The number of rotatable bonds is 3. The van der Waals surface area contributed by atoms with Gasteiger partial charge >= 0.3 is 6.09 Å². The lowest BCUT2D eigenvalue weighted by molar-refractivity contribution is 0.0517. The molecular formula is C11H23N3O2. The van der Waals surface area contributed by atoms with Crippen LogP contribution in [0.1, 0.15) is 20.8 Å². The molecule has 0 spiro atoms. The first-order chi connectivity index (χ1) is 7.42. The van der Waals surface area contributed by atoms with Gasteiger partial charge in [0.1, 0.15) is 5.60 Å².